The highest BCUT2D eigenvalue weighted by atomic mass is 16.4. The van der Waals surface area contributed by atoms with Crippen LogP contribution in [0.3, 0.4) is 0 Å². The maximum absolute atomic E-state index is 13.4. The fourth-order valence-corrected chi connectivity index (χ4v) is 3.62. The van der Waals surface area contributed by atoms with Crippen LogP contribution in [-0.2, 0) is 0 Å². The molecular formula is C22H25N3O3. The third-order valence-corrected chi connectivity index (χ3v) is 4.83. The summed E-state index contributed by atoms with van der Waals surface area (Å²) in [5.74, 6) is 0.398. The molecule has 3 aromatic rings. The van der Waals surface area contributed by atoms with Crippen LogP contribution < -0.4 is 5.56 Å². The molecule has 0 radical (unpaired) electrons. The van der Waals surface area contributed by atoms with Gasteiger partial charge in [-0.05, 0) is 58.4 Å². The van der Waals surface area contributed by atoms with Gasteiger partial charge in [-0.25, -0.2) is 9.78 Å². The van der Waals surface area contributed by atoms with E-state index in [9.17, 15) is 14.7 Å². The average Bonchev–Trinajstić information content (AvgIpc) is 2.61. The Morgan fingerprint density at radius 2 is 1.75 bits per heavy atom. The molecule has 0 fully saturated rings. The van der Waals surface area contributed by atoms with E-state index in [1.807, 2.05) is 70.2 Å². The number of carboxylic acid groups (broad SMARTS) is 1. The minimum absolute atomic E-state index is 0.207. The van der Waals surface area contributed by atoms with Crippen molar-refractivity contribution < 1.29 is 9.90 Å². The zero-order valence-corrected chi connectivity index (χ0v) is 16.8. The first-order valence-corrected chi connectivity index (χ1v) is 9.23. The highest BCUT2D eigenvalue weighted by Crippen LogP contribution is 2.29. The summed E-state index contributed by atoms with van der Waals surface area (Å²) in [6.07, 6.45) is -1.06. The fraction of sp³-hybridized carbons (Fsp3) is 0.318. The first-order chi connectivity index (χ1) is 13.1. The molecule has 0 spiro atoms. The molecular weight excluding hydrogens is 354 g/mol. The summed E-state index contributed by atoms with van der Waals surface area (Å²) >= 11 is 0. The maximum atomic E-state index is 13.4. The number of nitrogens with zero attached hydrogens (tertiary/aromatic N) is 3. The third-order valence-electron chi connectivity index (χ3n) is 4.83. The summed E-state index contributed by atoms with van der Waals surface area (Å²) in [6.45, 7) is 9.15. The standard InChI is InChI=1S/C22H25N3O3/c1-14-10-9-13-17-18(14)23-19(15(2)25(21(27)28)22(3,4)5)24(20(17)26)16-11-7-6-8-12-16/h6-13,15H,1-5H3,(H,27,28)/t15-/m0/s1. The van der Waals surface area contributed by atoms with Gasteiger partial charge in [-0.2, -0.15) is 0 Å². The number of hydrogen-bond donors (Lipinski definition) is 1. The number of carbonyl (C=O) groups is 1. The fourth-order valence-electron chi connectivity index (χ4n) is 3.62. The molecule has 1 N–H and O–H groups in total. The van der Waals surface area contributed by atoms with E-state index >= 15 is 0 Å². The lowest BCUT2D eigenvalue weighted by Gasteiger charge is -2.38. The van der Waals surface area contributed by atoms with Gasteiger partial charge in [0.05, 0.1) is 22.6 Å². The van der Waals surface area contributed by atoms with Crippen LogP contribution in [0.5, 0.6) is 0 Å². The van der Waals surface area contributed by atoms with Gasteiger partial charge in [0.15, 0.2) is 0 Å². The van der Waals surface area contributed by atoms with Crippen LogP contribution >= 0.6 is 0 Å². The van der Waals surface area contributed by atoms with E-state index < -0.39 is 17.7 Å². The SMILES string of the molecule is Cc1cccc2c(=O)n(-c3ccccc3)c([C@H](C)N(C(=O)O)C(C)(C)C)nc12. The van der Waals surface area contributed by atoms with Gasteiger partial charge in [-0.15, -0.1) is 0 Å². The molecule has 3 rings (SSSR count). The van der Waals surface area contributed by atoms with Crippen molar-refractivity contribution in [2.45, 2.75) is 46.2 Å². The van der Waals surface area contributed by atoms with Crippen molar-refractivity contribution >= 4 is 17.0 Å². The molecule has 0 unspecified atom stereocenters. The number of rotatable bonds is 3. The van der Waals surface area contributed by atoms with Gasteiger partial charge in [0, 0.05) is 5.54 Å². The second-order valence-corrected chi connectivity index (χ2v) is 7.92. The summed E-state index contributed by atoms with van der Waals surface area (Å²) < 4.78 is 1.52. The van der Waals surface area contributed by atoms with Crippen molar-refractivity contribution in [3.8, 4) is 5.69 Å². The van der Waals surface area contributed by atoms with Crippen molar-refractivity contribution in [3.05, 3.63) is 70.3 Å². The molecule has 1 atom stereocenters. The van der Waals surface area contributed by atoms with Gasteiger partial charge >= 0.3 is 6.09 Å². The Balaban J connectivity index is 2.39. The van der Waals surface area contributed by atoms with Gasteiger partial charge in [-0.1, -0.05) is 30.3 Å². The van der Waals surface area contributed by atoms with Gasteiger partial charge < -0.3 is 5.11 Å². The first-order valence-electron chi connectivity index (χ1n) is 9.23. The smallest absolute Gasteiger partial charge is 0.408 e. The quantitative estimate of drug-likeness (QED) is 0.725. The first kappa shape index (κ1) is 19.6. The third kappa shape index (κ3) is 3.38. The lowest BCUT2D eigenvalue weighted by molar-refractivity contribution is 0.0719. The minimum Gasteiger partial charge on any atom is -0.465 e. The number of amides is 1. The molecule has 28 heavy (non-hydrogen) atoms. The van der Waals surface area contributed by atoms with E-state index in [4.69, 9.17) is 4.98 Å². The topological polar surface area (TPSA) is 75.4 Å². The lowest BCUT2D eigenvalue weighted by atomic mass is 10.0. The van der Waals surface area contributed by atoms with Crippen molar-refractivity contribution in [3.63, 3.8) is 0 Å². The van der Waals surface area contributed by atoms with E-state index in [0.717, 1.165) is 5.56 Å². The average molecular weight is 379 g/mol. The Morgan fingerprint density at radius 3 is 2.32 bits per heavy atom. The van der Waals surface area contributed by atoms with Gasteiger partial charge in [0.2, 0.25) is 0 Å². The number of benzene rings is 2. The molecule has 2 aromatic carbocycles. The summed E-state index contributed by atoms with van der Waals surface area (Å²) in [5, 5.41) is 10.4. The molecule has 146 valence electrons. The Labute approximate surface area is 164 Å². The minimum atomic E-state index is -1.06. The van der Waals surface area contributed by atoms with E-state index in [0.29, 0.717) is 22.4 Å². The molecule has 0 aliphatic rings. The monoisotopic (exact) mass is 379 g/mol. The number of fused-ring (bicyclic) bond motifs is 1. The number of hydrogen-bond acceptors (Lipinski definition) is 3. The lowest BCUT2D eigenvalue weighted by Crippen LogP contribution is -2.47. The zero-order chi connectivity index (χ0) is 20.6. The summed E-state index contributed by atoms with van der Waals surface area (Å²) in [4.78, 5) is 31.6. The van der Waals surface area contributed by atoms with Crippen LogP contribution in [0.25, 0.3) is 16.6 Å². The van der Waals surface area contributed by atoms with Crippen molar-refractivity contribution in [2.75, 3.05) is 0 Å². The summed E-state index contributed by atoms with van der Waals surface area (Å²) in [5.41, 5.74) is 1.26. The highest BCUT2D eigenvalue weighted by molar-refractivity contribution is 5.81. The Hall–Kier alpha value is -3.15. The predicted octanol–water partition coefficient (Wildman–Crippen LogP) is 4.53. The Kier molecular flexibility index (Phi) is 4.98. The van der Waals surface area contributed by atoms with Crippen LogP contribution in [0.1, 0.15) is 45.1 Å². The number of para-hydroxylation sites is 2. The molecule has 0 bridgehead atoms. The molecule has 0 aliphatic carbocycles. The van der Waals surface area contributed by atoms with Crippen molar-refractivity contribution in [1.82, 2.24) is 14.5 Å². The zero-order valence-electron chi connectivity index (χ0n) is 16.8. The van der Waals surface area contributed by atoms with E-state index in [1.54, 1.807) is 13.0 Å². The molecule has 0 saturated heterocycles. The van der Waals surface area contributed by atoms with Crippen LogP contribution in [0.4, 0.5) is 4.79 Å². The molecule has 0 aliphatic heterocycles. The van der Waals surface area contributed by atoms with Crippen LogP contribution in [-0.4, -0.2) is 31.2 Å². The summed E-state index contributed by atoms with van der Waals surface area (Å²) in [7, 11) is 0. The normalized spacial score (nSPS) is 12.8. The van der Waals surface area contributed by atoms with Crippen LogP contribution in [0.15, 0.2) is 53.3 Å². The second kappa shape index (κ2) is 7.11. The van der Waals surface area contributed by atoms with Gasteiger partial charge in [0.25, 0.3) is 5.56 Å². The maximum Gasteiger partial charge on any atom is 0.408 e. The van der Waals surface area contributed by atoms with Crippen molar-refractivity contribution in [1.29, 1.82) is 0 Å². The van der Waals surface area contributed by atoms with Gasteiger partial charge in [0.1, 0.15) is 5.82 Å². The molecule has 6 heteroatoms. The molecule has 1 heterocycles. The van der Waals surface area contributed by atoms with Gasteiger partial charge in [-0.3, -0.25) is 14.3 Å². The molecule has 6 nitrogen and oxygen atoms in total. The predicted molar refractivity (Wildman–Crippen MR) is 110 cm³/mol. The molecule has 1 amide bonds. The van der Waals surface area contributed by atoms with Crippen molar-refractivity contribution in [2.24, 2.45) is 0 Å². The van der Waals surface area contributed by atoms with E-state index in [-0.39, 0.29) is 5.56 Å². The second-order valence-electron chi connectivity index (χ2n) is 7.92. The largest absolute Gasteiger partial charge is 0.465 e. The number of aromatic nitrogens is 2. The molecule has 0 saturated carbocycles. The van der Waals surface area contributed by atoms with E-state index in [2.05, 4.69) is 0 Å². The highest BCUT2D eigenvalue weighted by Gasteiger charge is 2.34. The Bertz CT molecular complexity index is 1080. The summed E-state index contributed by atoms with van der Waals surface area (Å²) in [6, 6.07) is 14.1. The van der Waals surface area contributed by atoms with Crippen LogP contribution in [0, 0.1) is 6.92 Å². The Morgan fingerprint density at radius 1 is 1.11 bits per heavy atom. The molecule has 1 aromatic heterocycles. The van der Waals surface area contributed by atoms with E-state index in [1.165, 1.54) is 9.47 Å². The van der Waals surface area contributed by atoms with Crippen LogP contribution in [0.2, 0.25) is 0 Å². The number of aryl methyl sites for hydroxylation is 1.